The van der Waals surface area contributed by atoms with E-state index in [4.69, 9.17) is 5.11 Å². The molecule has 0 bridgehead atoms. The summed E-state index contributed by atoms with van der Waals surface area (Å²) in [5, 5.41) is 12.8. The van der Waals surface area contributed by atoms with E-state index < -0.39 is 5.97 Å². The molecule has 0 aliphatic heterocycles. The van der Waals surface area contributed by atoms with Crippen LogP contribution in [0.25, 0.3) is 0 Å². The minimum atomic E-state index is -0.695. The highest BCUT2D eigenvalue weighted by Crippen LogP contribution is 2.33. The average molecular weight is 330 g/mol. The lowest BCUT2D eigenvalue weighted by Gasteiger charge is -2.43. The van der Waals surface area contributed by atoms with E-state index >= 15 is 0 Å². The second kappa shape index (κ2) is 8.13. The number of carboxylic acid groups (broad SMARTS) is 1. The van der Waals surface area contributed by atoms with Crippen LogP contribution in [-0.4, -0.2) is 41.1 Å². The Morgan fingerprint density at radius 3 is 2.71 bits per heavy atom. The van der Waals surface area contributed by atoms with Gasteiger partial charge in [-0.1, -0.05) is 37.6 Å². The minimum absolute atomic E-state index is 0.201. The van der Waals surface area contributed by atoms with E-state index in [0.717, 1.165) is 38.3 Å². The Bertz CT molecular complexity index is 550. The molecule has 1 aromatic carbocycles. The molecule has 0 spiro atoms. The van der Waals surface area contributed by atoms with Crippen molar-refractivity contribution in [2.45, 2.75) is 64.1 Å². The summed E-state index contributed by atoms with van der Waals surface area (Å²) in [4.78, 5) is 13.3. The van der Waals surface area contributed by atoms with Gasteiger partial charge in [-0.2, -0.15) is 0 Å². The first-order chi connectivity index (χ1) is 11.6. The summed E-state index contributed by atoms with van der Waals surface area (Å²) < 4.78 is 0. The van der Waals surface area contributed by atoms with E-state index in [1.54, 1.807) is 0 Å². The van der Waals surface area contributed by atoms with Gasteiger partial charge in [0, 0.05) is 25.2 Å². The van der Waals surface area contributed by atoms with Crippen LogP contribution in [0.3, 0.4) is 0 Å². The van der Waals surface area contributed by atoms with Crippen molar-refractivity contribution < 1.29 is 9.90 Å². The van der Waals surface area contributed by atoms with Crippen LogP contribution in [0.1, 0.15) is 50.2 Å². The van der Waals surface area contributed by atoms with Crippen LogP contribution < -0.4 is 5.32 Å². The maximum absolute atomic E-state index is 11.1. The zero-order valence-corrected chi connectivity index (χ0v) is 14.7. The number of carboxylic acids is 1. The molecule has 0 saturated heterocycles. The van der Waals surface area contributed by atoms with Crippen LogP contribution in [0, 0.1) is 5.92 Å². The van der Waals surface area contributed by atoms with E-state index in [0.29, 0.717) is 12.1 Å². The van der Waals surface area contributed by atoms with Gasteiger partial charge in [0.1, 0.15) is 0 Å². The van der Waals surface area contributed by atoms with Crippen LogP contribution >= 0.6 is 0 Å². The van der Waals surface area contributed by atoms with Gasteiger partial charge in [0.25, 0.3) is 0 Å². The Morgan fingerprint density at radius 1 is 1.29 bits per heavy atom. The molecule has 0 radical (unpaired) electrons. The van der Waals surface area contributed by atoms with Crippen molar-refractivity contribution in [1.82, 2.24) is 10.2 Å². The maximum atomic E-state index is 11.1. The molecule has 0 unspecified atom stereocenters. The van der Waals surface area contributed by atoms with Gasteiger partial charge in [0.05, 0.1) is 6.54 Å². The molecule has 1 aromatic rings. The molecule has 3 rings (SSSR count). The fraction of sp³-hybridized carbons (Fsp3) is 0.650. The molecule has 0 atom stereocenters. The third kappa shape index (κ3) is 5.05. The van der Waals surface area contributed by atoms with E-state index in [2.05, 4.69) is 41.4 Å². The second-order valence-electron chi connectivity index (χ2n) is 7.54. The first-order valence-electron chi connectivity index (χ1n) is 9.41. The molecule has 2 aliphatic carbocycles. The van der Waals surface area contributed by atoms with Crippen molar-refractivity contribution in [2.24, 2.45) is 5.92 Å². The van der Waals surface area contributed by atoms with Crippen molar-refractivity contribution in [3.05, 3.63) is 35.4 Å². The number of aliphatic carboxylic acids is 1. The maximum Gasteiger partial charge on any atom is 0.317 e. The van der Waals surface area contributed by atoms with Gasteiger partial charge in [0.15, 0.2) is 0 Å². The largest absolute Gasteiger partial charge is 0.480 e. The molecule has 4 nitrogen and oxygen atoms in total. The number of nitrogens with zero attached hydrogens (tertiary/aromatic N) is 1. The summed E-state index contributed by atoms with van der Waals surface area (Å²) >= 11 is 0. The third-order valence-corrected chi connectivity index (χ3v) is 5.28. The van der Waals surface area contributed by atoms with Gasteiger partial charge in [-0.05, 0) is 49.1 Å². The number of aryl methyl sites for hydroxylation is 1. The number of carbonyl (C=O) groups is 1. The third-order valence-electron chi connectivity index (χ3n) is 5.28. The van der Waals surface area contributed by atoms with Crippen LogP contribution in [0.4, 0.5) is 0 Å². The normalized spacial score (nSPS) is 23.2. The lowest BCUT2D eigenvalue weighted by molar-refractivity contribution is -0.139. The summed E-state index contributed by atoms with van der Waals surface area (Å²) in [6.07, 6.45) is 7.03. The lowest BCUT2D eigenvalue weighted by Crippen LogP contribution is -2.54. The van der Waals surface area contributed by atoms with Gasteiger partial charge in [-0.15, -0.1) is 0 Å². The van der Waals surface area contributed by atoms with Gasteiger partial charge in [-0.3, -0.25) is 9.69 Å². The van der Waals surface area contributed by atoms with Crippen LogP contribution in [-0.2, 0) is 17.8 Å². The molecule has 2 N–H and O–H groups in total. The number of hydrogen-bond donors (Lipinski definition) is 2. The molecule has 4 heteroatoms. The Kier molecular flexibility index (Phi) is 5.90. The molecular weight excluding hydrogens is 300 g/mol. The Hall–Kier alpha value is -1.39. The Balaban J connectivity index is 1.42. The summed E-state index contributed by atoms with van der Waals surface area (Å²) in [5.41, 5.74) is 2.77. The van der Waals surface area contributed by atoms with Crippen LogP contribution in [0.5, 0.6) is 0 Å². The summed E-state index contributed by atoms with van der Waals surface area (Å²) in [6.45, 7) is 4.30. The van der Waals surface area contributed by atoms with Crippen molar-refractivity contribution in [1.29, 1.82) is 0 Å². The molecule has 132 valence electrons. The number of rotatable bonds is 10. The summed E-state index contributed by atoms with van der Waals surface area (Å²) in [6, 6.07) is 9.82. The summed E-state index contributed by atoms with van der Waals surface area (Å²) in [5.74, 6) is 0.0532. The first kappa shape index (κ1) is 17.4. The molecule has 0 heterocycles. The van der Waals surface area contributed by atoms with E-state index in [1.807, 2.05) is 0 Å². The zero-order chi connectivity index (χ0) is 16.9. The molecule has 0 amide bonds. The van der Waals surface area contributed by atoms with Gasteiger partial charge in [0.2, 0.25) is 0 Å². The number of hydrogen-bond acceptors (Lipinski definition) is 3. The topological polar surface area (TPSA) is 52.6 Å². The van der Waals surface area contributed by atoms with E-state index in [-0.39, 0.29) is 6.54 Å². The molecule has 2 saturated carbocycles. The highest BCUT2D eigenvalue weighted by atomic mass is 16.4. The summed E-state index contributed by atoms with van der Waals surface area (Å²) in [7, 11) is 0. The van der Waals surface area contributed by atoms with Crippen molar-refractivity contribution in [3.8, 4) is 0 Å². The predicted molar refractivity (Wildman–Crippen MR) is 96.0 cm³/mol. The van der Waals surface area contributed by atoms with Gasteiger partial charge in [-0.25, -0.2) is 0 Å². The molecule has 0 aromatic heterocycles. The monoisotopic (exact) mass is 330 g/mol. The van der Waals surface area contributed by atoms with Crippen molar-refractivity contribution in [2.75, 3.05) is 13.1 Å². The second-order valence-corrected chi connectivity index (χ2v) is 7.54. The van der Waals surface area contributed by atoms with Crippen molar-refractivity contribution in [3.63, 3.8) is 0 Å². The fourth-order valence-corrected chi connectivity index (χ4v) is 3.65. The highest BCUT2D eigenvalue weighted by Gasteiger charge is 2.36. The highest BCUT2D eigenvalue weighted by molar-refractivity contribution is 5.69. The first-order valence-corrected chi connectivity index (χ1v) is 9.41. The van der Waals surface area contributed by atoms with E-state index in [9.17, 15) is 4.79 Å². The smallest absolute Gasteiger partial charge is 0.317 e. The fourth-order valence-electron chi connectivity index (χ4n) is 3.65. The zero-order valence-electron chi connectivity index (χ0n) is 14.7. The van der Waals surface area contributed by atoms with E-state index in [1.165, 1.54) is 30.4 Å². The quantitative estimate of drug-likeness (QED) is 0.692. The molecule has 2 aliphatic rings. The van der Waals surface area contributed by atoms with Crippen molar-refractivity contribution >= 4 is 5.97 Å². The van der Waals surface area contributed by atoms with Gasteiger partial charge >= 0.3 is 5.97 Å². The number of benzene rings is 1. The van der Waals surface area contributed by atoms with Crippen LogP contribution in [0.15, 0.2) is 24.3 Å². The molecule has 24 heavy (non-hydrogen) atoms. The van der Waals surface area contributed by atoms with Crippen LogP contribution in [0.2, 0.25) is 0 Å². The number of nitrogens with one attached hydrogen (secondary N) is 1. The SMILES string of the molecule is CCCc1cccc(CNC2CC(N(CC(=O)O)CC3CC3)C2)c1. The van der Waals surface area contributed by atoms with Gasteiger partial charge < -0.3 is 10.4 Å². The standard InChI is InChI=1S/C20H30N2O2/c1-2-4-15-5-3-6-17(9-15)12-21-18-10-19(11-18)22(14-20(23)24)13-16-7-8-16/h3,5-6,9,16,18-19,21H,2,4,7-8,10-14H2,1H3,(H,23,24). The Labute approximate surface area is 145 Å². The Morgan fingerprint density at radius 2 is 2.04 bits per heavy atom. The average Bonchev–Trinajstić information content (AvgIpc) is 3.29. The molecular formula is C20H30N2O2. The lowest BCUT2D eigenvalue weighted by atomic mass is 9.85. The minimum Gasteiger partial charge on any atom is -0.480 e. The molecule has 2 fully saturated rings. The predicted octanol–water partition coefficient (Wildman–Crippen LogP) is 3.06.